The van der Waals surface area contributed by atoms with Crippen LogP contribution in [0.2, 0.25) is 0 Å². The Morgan fingerprint density at radius 3 is 2.24 bits per heavy atom. The molecule has 0 bridgehead atoms. The topological polar surface area (TPSA) is 54.0 Å². The van der Waals surface area contributed by atoms with Crippen LogP contribution in [-0.4, -0.2) is 27.3 Å². The highest BCUT2D eigenvalue weighted by molar-refractivity contribution is 6.05. The van der Waals surface area contributed by atoms with E-state index < -0.39 is 0 Å². The van der Waals surface area contributed by atoms with E-state index in [1.165, 1.54) is 0 Å². The minimum absolute atomic E-state index is 0.388. The molecule has 5 heteroatoms. The van der Waals surface area contributed by atoms with Gasteiger partial charge in [-0.25, -0.2) is 4.79 Å². The Morgan fingerprint density at radius 1 is 0.880 bits per heavy atom. The zero-order valence-electron chi connectivity index (χ0n) is 14.2. The van der Waals surface area contributed by atoms with Gasteiger partial charge in [-0.2, -0.15) is 0 Å². The molecular formula is C20H18O5. The first-order valence-electron chi connectivity index (χ1n) is 7.66. The largest absolute Gasteiger partial charge is 0.497 e. The summed E-state index contributed by atoms with van der Waals surface area (Å²) in [5.74, 6) is 2.04. The number of carbonyl (C=O) groups excluding carboxylic acids is 1. The monoisotopic (exact) mass is 338 g/mol. The van der Waals surface area contributed by atoms with Crippen molar-refractivity contribution in [3.8, 4) is 17.2 Å². The van der Waals surface area contributed by atoms with E-state index in [1.807, 2.05) is 30.3 Å². The molecule has 25 heavy (non-hydrogen) atoms. The minimum atomic E-state index is -0.388. The van der Waals surface area contributed by atoms with Gasteiger partial charge in [0.05, 0.1) is 26.9 Å². The van der Waals surface area contributed by atoms with Gasteiger partial charge in [-0.1, -0.05) is 12.1 Å². The number of ether oxygens (including phenoxy) is 4. The van der Waals surface area contributed by atoms with Crippen molar-refractivity contribution in [2.75, 3.05) is 21.3 Å². The Bertz CT molecular complexity index is 847. The van der Waals surface area contributed by atoms with Crippen molar-refractivity contribution in [2.24, 2.45) is 0 Å². The molecule has 1 aliphatic rings. The second-order valence-corrected chi connectivity index (χ2v) is 5.34. The van der Waals surface area contributed by atoms with Gasteiger partial charge < -0.3 is 18.9 Å². The van der Waals surface area contributed by atoms with E-state index in [9.17, 15) is 4.79 Å². The smallest absolute Gasteiger partial charge is 0.343 e. The average molecular weight is 338 g/mol. The van der Waals surface area contributed by atoms with Crippen molar-refractivity contribution in [1.82, 2.24) is 0 Å². The van der Waals surface area contributed by atoms with Crippen LogP contribution in [0.4, 0.5) is 0 Å². The molecular weight excluding hydrogens is 320 g/mol. The number of methoxy groups -OCH3 is 3. The van der Waals surface area contributed by atoms with Crippen LogP contribution >= 0.6 is 0 Å². The molecule has 5 nitrogen and oxygen atoms in total. The summed E-state index contributed by atoms with van der Waals surface area (Å²) in [6, 6.07) is 12.8. The van der Waals surface area contributed by atoms with E-state index in [0.29, 0.717) is 22.8 Å². The van der Waals surface area contributed by atoms with Gasteiger partial charge in [0.1, 0.15) is 11.5 Å². The zero-order valence-corrected chi connectivity index (χ0v) is 14.2. The predicted molar refractivity (Wildman–Crippen MR) is 94.6 cm³/mol. The van der Waals surface area contributed by atoms with Gasteiger partial charge in [-0.15, -0.1) is 0 Å². The molecule has 1 aliphatic heterocycles. The van der Waals surface area contributed by atoms with Crippen molar-refractivity contribution >= 4 is 17.8 Å². The molecule has 3 rings (SSSR count). The number of hydrogen-bond donors (Lipinski definition) is 0. The van der Waals surface area contributed by atoms with Crippen LogP contribution in [0.1, 0.15) is 11.1 Å². The van der Waals surface area contributed by atoms with Crippen molar-refractivity contribution < 1.29 is 23.7 Å². The van der Waals surface area contributed by atoms with Crippen LogP contribution in [-0.2, 0) is 9.53 Å². The normalized spacial score (nSPS) is 14.9. The van der Waals surface area contributed by atoms with E-state index >= 15 is 0 Å². The molecule has 2 aromatic rings. The third-order valence-corrected chi connectivity index (χ3v) is 3.83. The fourth-order valence-electron chi connectivity index (χ4n) is 2.50. The minimum Gasteiger partial charge on any atom is -0.497 e. The Kier molecular flexibility index (Phi) is 4.75. The summed E-state index contributed by atoms with van der Waals surface area (Å²) >= 11 is 0. The van der Waals surface area contributed by atoms with E-state index in [-0.39, 0.29) is 5.97 Å². The molecule has 0 saturated carbocycles. The number of benzene rings is 2. The second kappa shape index (κ2) is 7.13. The lowest BCUT2D eigenvalue weighted by molar-refractivity contribution is -0.130. The van der Waals surface area contributed by atoms with Crippen molar-refractivity contribution in [2.45, 2.75) is 0 Å². The first-order valence-corrected chi connectivity index (χ1v) is 7.66. The van der Waals surface area contributed by atoms with Crippen LogP contribution in [0, 0.1) is 0 Å². The van der Waals surface area contributed by atoms with Gasteiger partial charge in [0.25, 0.3) is 0 Å². The maximum atomic E-state index is 12.1. The summed E-state index contributed by atoms with van der Waals surface area (Å²) < 4.78 is 21.0. The third kappa shape index (κ3) is 3.50. The van der Waals surface area contributed by atoms with E-state index in [0.717, 1.165) is 16.9 Å². The number of hydrogen-bond acceptors (Lipinski definition) is 5. The standard InChI is InChI=1S/C20H18O5/c1-22-16-7-4-13(5-8-16)10-15-12-18(25-20(15)21)14-6-9-17(23-2)19(11-14)24-3/h4-12H,1-3H3. The molecule has 0 fully saturated rings. The molecule has 1 heterocycles. The van der Waals surface area contributed by atoms with Crippen molar-refractivity contribution in [1.29, 1.82) is 0 Å². The third-order valence-electron chi connectivity index (χ3n) is 3.83. The molecule has 0 atom stereocenters. The molecule has 0 radical (unpaired) electrons. The lowest BCUT2D eigenvalue weighted by Gasteiger charge is -2.09. The highest BCUT2D eigenvalue weighted by atomic mass is 16.5. The summed E-state index contributed by atoms with van der Waals surface area (Å²) in [5.41, 5.74) is 2.11. The molecule has 0 amide bonds. The number of rotatable bonds is 5. The van der Waals surface area contributed by atoms with Crippen molar-refractivity contribution in [3.63, 3.8) is 0 Å². The van der Waals surface area contributed by atoms with E-state index in [4.69, 9.17) is 18.9 Å². The lowest BCUT2D eigenvalue weighted by atomic mass is 10.1. The Balaban J connectivity index is 1.90. The highest BCUT2D eigenvalue weighted by Gasteiger charge is 2.22. The zero-order chi connectivity index (χ0) is 17.8. The summed E-state index contributed by atoms with van der Waals surface area (Å²) in [5, 5.41) is 0. The quantitative estimate of drug-likeness (QED) is 0.615. The lowest BCUT2D eigenvalue weighted by Crippen LogP contribution is -1.98. The molecule has 0 aliphatic carbocycles. The van der Waals surface area contributed by atoms with Crippen LogP contribution in [0.15, 0.2) is 54.1 Å². The molecule has 0 N–H and O–H groups in total. The molecule has 0 saturated heterocycles. The first kappa shape index (κ1) is 16.6. The number of cyclic esters (lactones) is 1. The number of esters is 1. The van der Waals surface area contributed by atoms with Gasteiger partial charge in [-0.3, -0.25) is 0 Å². The SMILES string of the molecule is COc1ccc(C=C2C=C(c3ccc(OC)c(OC)c3)OC2=O)cc1. The average Bonchev–Trinajstić information content (AvgIpc) is 3.02. The van der Waals surface area contributed by atoms with E-state index in [2.05, 4.69) is 0 Å². The van der Waals surface area contributed by atoms with Crippen LogP contribution in [0.5, 0.6) is 17.2 Å². The maximum Gasteiger partial charge on any atom is 0.343 e. The maximum absolute atomic E-state index is 12.1. The second-order valence-electron chi connectivity index (χ2n) is 5.34. The molecule has 128 valence electrons. The van der Waals surface area contributed by atoms with Crippen LogP contribution in [0.3, 0.4) is 0 Å². The summed E-state index contributed by atoms with van der Waals surface area (Å²) in [6.07, 6.45) is 3.49. The van der Waals surface area contributed by atoms with Crippen molar-refractivity contribution in [3.05, 3.63) is 65.2 Å². The molecule has 2 aromatic carbocycles. The molecule has 0 spiro atoms. The van der Waals surface area contributed by atoms with Gasteiger partial charge >= 0.3 is 5.97 Å². The summed E-state index contributed by atoms with van der Waals surface area (Å²) in [4.78, 5) is 12.1. The van der Waals surface area contributed by atoms with Gasteiger partial charge in [0.15, 0.2) is 11.5 Å². The van der Waals surface area contributed by atoms with Crippen LogP contribution < -0.4 is 14.2 Å². The fraction of sp³-hybridized carbons (Fsp3) is 0.150. The highest BCUT2D eigenvalue weighted by Crippen LogP contribution is 2.34. The summed E-state index contributed by atoms with van der Waals surface area (Å²) in [7, 11) is 4.74. The Hall–Kier alpha value is -3.21. The summed E-state index contributed by atoms with van der Waals surface area (Å²) in [6.45, 7) is 0. The Labute approximate surface area is 146 Å². The Morgan fingerprint density at radius 2 is 1.60 bits per heavy atom. The van der Waals surface area contributed by atoms with Gasteiger partial charge in [-0.05, 0) is 48.0 Å². The van der Waals surface area contributed by atoms with Gasteiger partial charge in [0.2, 0.25) is 0 Å². The molecule has 0 aromatic heterocycles. The fourth-order valence-corrected chi connectivity index (χ4v) is 2.50. The van der Waals surface area contributed by atoms with E-state index in [1.54, 1.807) is 45.6 Å². The van der Waals surface area contributed by atoms with Gasteiger partial charge in [0, 0.05) is 5.56 Å². The predicted octanol–water partition coefficient (Wildman–Crippen LogP) is 3.69. The van der Waals surface area contributed by atoms with Crippen LogP contribution in [0.25, 0.3) is 11.8 Å². The first-order chi connectivity index (χ1) is 12.1. The molecule has 0 unspecified atom stereocenters. The number of carbonyl (C=O) groups is 1.